The molecule has 2 N–H and O–H groups in total. The minimum Gasteiger partial charge on any atom is -0.497 e. The number of aromatic nitrogens is 1. The van der Waals surface area contributed by atoms with E-state index in [0.717, 1.165) is 24.3 Å². The van der Waals surface area contributed by atoms with Crippen LogP contribution in [0.25, 0.3) is 0 Å². The van der Waals surface area contributed by atoms with E-state index < -0.39 is 6.10 Å². The molecule has 0 aliphatic carbocycles. The van der Waals surface area contributed by atoms with E-state index in [0.29, 0.717) is 12.6 Å². The third-order valence-corrected chi connectivity index (χ3v) is 4.23. The lowest BCUT2D eigenvalue weighted by Gasteiger charge is -2.26. The smallest absolute Gasteiger partial charge is 0.119 e. The predicted molar refractivity (Wildman–Crippen MR) is 82.3 cm³/mol. The van der Waals surface area contributed by atoms with Gasteiger partial charge in [0.15, 0.2) is 0 Å². The van der Waals surface area contributed by atoms with Crippen molar-refractivity contribution in [3.8, 4) is 5.75 Å². The zero-order valence-corrected chi connectivity index (χ0v) is 12.3. The van der Waals surface area contributed by atoms with Crippen LogP contribution >= 0.6 is 0 Å². The highest BCUT2D eigenvalue weighted by Gasteiger charge is 2.28. The summed E-state index contributed by atoms with van der Waals surface area (Å²) >= 11 is 0. The van der Waals surface area contributed by atoms with Crippen LogP contribution in [-0.4, -0.2) is 35.2 Å². The Kier molecular flexibility index (Phi) is 4.27. The molecule has 2 aromatic rings. The van der Waals surface area contributed by atoms with Gasteiger partial charge in [-0.25, -0.2) is 0 Å². The molecule has 0 bridgehead atoms. The molecular weight excluding hydrogens is 264 g/mol. The molecular formula is C17H22N2O2. The van der Waals surface area contributed by atoms with Gasteiger partial charge in [0.05, 0.1) is 13.2 Å². The summed E-state index contributed by atoms with van der Waals surface area (Å²) in [6.45, 7) is 1.68. The van der Waals surface area contributed by atoms with Crippen molar-refractivity contribution in [1.29, 1.82) is 0 Å². The van der Waals surface area contributed by atoms with E-state index >= 15 is 0 Å². The van der Waals surface area contributed by atoms with Gasteiger partial charge in [-0.05, 0) is 49.2 Å². The van der Waals surface area contributed by atoms with Crippen LogP contribution in [-0.2, 0) is 0 Å². The van der Waals surface area contributed by atoms with Gasteiger partial charge in [-0.15, -0.1) is 0 Å². The number of ether oxygens (including phenoxy) is 1. The highest BCUT2D eigenvalue weighted by atomic mass is 16.5. The lowest BCUT2D eigenvalue weighted by atomic mass is 10.1. The lowest BCUT2D eigenvalue weighted by Crippen LogP contribution is -2.28. The fourth-order valence-electron chi connectivity index (χ4n) is 3.12. The Morgan fingerprint density at radius 3 is 3.05 bits per heavy atom. The number of hydrogen-bond acceptors (Lipinski definition) is 3. The van der Waals surface area contributed by atoms with Crippen LogP contribution in [0, 0.1) is 0 Å². The molecule has 0 amide bonds. The number of benzene rings is 1. The third kappa shape index (κ3) is 3.12. The summed E-state index contributed by atoms with van der Waals surface area (Å²) in [6.07, 6.45) is 3.79. The summed E-state index contributed by atoms with van der Waals surface area (Å²) in [5.74, 6) is 0.786. The monoisotopic (exact) mass is 286 g/mol. The Bertz CT molecular complexity index is 568. The molecule has 0 spiro atoms. The normalized spacial score (nSPS) is 20.6. The van der Waals surface area contributed by atoms with Gasteiger partial charge in [-0.1, -0.05) is 12.1 Å². The second kappa shape index (κ2) is 6.33. The molecule has 2 heterocycles. The molecule has 2 atom stereocenters. The highest BCUT2D eigenvalue weighted by molar-refractivity contribution is 5.30. The number of aromatic amines is 1. The van der Waals surface area contributed by atoms with Gasteiger partial charge in [0.1, 0.15) is 5.75 Å². The summed E-state index contributed by atoms with van der Waals surface area (Å²) in [5, 5.41) is 10.5. The lowest BCUT2D eigenvalue weighted by molar-refractivity contribution is 0.105. The van der Waals surface area contributed by atoms with Crippen molar-refractivity contribution in [2.45, 2.75) is 25.0 Å². The molecule has 4 heteroatoms. The zero-order valence-electron chi connectivity index (χ0n) is 12.3. The van der Waals surface area contributed by atoms with Gasteiger partial charge in [-0.2, -0.15) is 0 Å². The number of H-pyrrole nitrogens is 1. The second-order valence-corrected chi connectivity index (χ2v) is 5.57. The van der Waals surface area contributed by atoms with Crippen LogP contribution in [0.4, 0.5) is 0 Å². The van der Waals surface area contributed by atoms with Crippen LogP contribution in [0.5, 0.6) is 5.75 Å². The average Bonchev–Trinajstić information content (AvgIpc) is 3.18. The van der Waals surface area contributed by atoms with E-state index in [2.05, 4.69) is 16.0 Å². The molecule has 1 aromatic heterocycles. The Hall–Kier alpha value is -1.78. The standard InChI is InChI=1S/C17H22N2O2/c1-21-14-6-2-5-13(11-14)17(20)12-19-10-4-8-16(19)15-7-3-9-18-15/h2-3,5-7,9,11,16-18,20H,4,8,10,12H2,1H3. The van der Waals surface area contributed by atoms with E-state index in [1.165, 1.54) is 12.1 Å². The Morgan fingerprint density at radius 1 is 1.38 bits per heavy atom. The first-order valence-electron chi connectivity index (χ1n) is 7.47. The van der Waals surface area contributed by atoms with Gasteiger partial charge in [0.2, 0.25) is 0 Å². The first-order valence-corrected chi connectivity index (χ1v) is 7.47. The van der Waals surface area contributed by atoms with E-state index in [1.54, 1.807) is 7.11 Å². The molecule has 0 saturated carbocycles. The number of methoxy groups -OCH3 is 1. The molecule has 2 unspecified atom stereocenters. The van der Waals surface area contributed by atoms with Crippen molar-refractivity contribution >= 4 is 0 Å². The molecule has 3 rings (SSSR count). The van der Waals surface area contributed by atoms with Crippen molar-refractivity contribution < 1.29 is 9.84 Å². The molecule has 1 saturated heterocycles. The van der Waals surface area contributed by atoms with Gasteiger partial charge in [0, 0.05) is 24.5 Å². The third-order valence-electron chi connectivity index (χ3n) is 4.23. The predicted octanol–water partition coefficient (Wildman–Crippen LogP) is 2.89. The van der Waals surface area contributed by atoms with Gasteiger partial charge < -0.3 is 14.8 Å². The average molecular weight is 286 g/mol. The molecule has 1 aliphatic heterocycles. The summed E-state index contributed by atoms with van der Waals surface area (Å²) in [5.41, 5.74) is 2.15. The molecule has 112 valence electrons. The maximum Gasteiger partial charge on any atom is 0.119 e. The zero-order chi connectivity index (χ0) is 14.7. The van der Waals surface area contributed by atoms with E-state index in [9.17, 15) is 5.11 Å². The second-order valence-electron chi connectivity index (χ2n) is 5.57. The molecule has 0 radical (unpaired) electrons. The SMILES string of the molecule is COc1cccc(C(O)CN2CCCC2c2ccc[nH]2)c1. The van der Waals surface area contributed by atoms with Crippen LogP contribution in [0.15, 0.2) is 42.6 Å². The van der Waals surface area contributed by atoms with Gasteiger partial charge in [0.25, 0.3) is 0 Å². The maximum atomic E-state index is 10.5. The molecule has 21 heavy (non-hydrogen) atoms. The first kappa shape index (κ1) is 14.2. The summed E-state index contributed by atoms with van der Waals surface area (Å²) in [4.78, 5) is 5.65. The largest absolute Gasteiger partial charge is 0.497 e. The number of likely N-dealkylation sites (tertiary alicyclic amines) is 1. The van der Waals surface area contributed by atoms with Crippen LogP contribution in [0.1, 0.15) is 36.2 Å². The molecule has 1 aliphatic rings. The highest BCUT2D eigenvalue weighted by Crippen LogP contribution is 2.32. The molecule has 1 aromatic carbocycles. The maximum absolute atomic E-state index is 10.5. The summed E-state index contributed by atoms with van der Waals surface area (Å²) in [7, 11) is 1.65. The number of β-amino-alcohol motifs (C(OH)–C–C–N with tert-alkyl or cyclic N) is 1. The van der Waals surface area contributed by atoms with E-state index in [1.807, 2.05) is 36.5 Å². The summed E-state index contributed by atoms with van der Waals surface area (Å²) in [6, 6.07) is 12.2. The minimum absolute atomic E-state index is 0.389. The molecule has 4 nitrogen and oxygen atoms in total. The number of hydrogen-bond donors (Lipinski definition) is 2. The van der Waals surface area contributed by atoms with Crippen LogP contribution in [0.2, 0.25) is 0 Å². The minimum atomic E-state index is -0.490. The number of aliphatic hydroxyl groups excluding tert-OH is 1. The number of nitrogens with zero attached hydrogens (tertiary/aromatic N) is 1. The fraction of sp³-hybridized carbons (Fsp3) is 0.412. The summed E-state index contributed by atoms with van der Waals surface area (Å²) < 4.78 is 5.23. The number of rotatable bonds is 5. The van der Waals surface area contributed by atoms with E-state index in [-0.39, 0.29) is 0 Å². The topological polar surface area (TPSA) is 48.5 Å². The Morgan fingerprint density at radius 2 is 2.29 bits per heavy atom. The number of aliphatic hydroxyl groups is 1. The van der Waals surface area contributed by atoms with Gasteiger partial charge in [-0.3, -0.25) is 4.90 Å². The van der Waals surface area contributed by atoms with Crippen molar-refractivity contribution in [2.24, 2.45) is 0 Å². The van der Waals surface area contributed by atoms with Crippen LogP contribution in [0.3, 0.4) is 0 Å². The van der Waals surface area contributed by atoms with Crippen molar-refractivity contribution in [3.05, 3.63) is 53.9 Å². The van der Waals surface area contributed by atoms with Crippen LogP contribution < -0.4 is 4.74 Å². The quantitative estimate of drug-likeness (QED) is 0.888. The Balaban J connectivity index is 1.70. The molecule has 1 fully saturated rings. The van der Waals surface area contributed by atoms with Crippen molar-refractivity contribution in [1.82, 2.24) is 9.88 Å². The van der Waals surface area contributed by atoms with Gasteiger partial charge >= 0.3 is 0 Å². The van der Waals surface area contributed by atoms with E-state index in [4.69, 9.17) is 4.74 Å². The van der Waals surface area contributed by atoms with Crippen molar-refractivity contribution in [3.63, 3.8) is 0 Å². The Labute approximate surface area is 125 Å². The first-order chi connectivity index (χ1) is 10.3. The number of nitrogens with one attached hydrogen (secondary N) is 1. The fourth-order valence-corrected chi connectivity index (χ4v) is 3.12. The van der Waals surface area contributed by atoms with Crippen molar-refractivity contribution in [2.75, 3.05) is 20.2 Å².